The number of nitrogens with zero attached hydrogens (tertiary/aromatic N) is 1. The van der Waals surface area contributed by atoms with Crippen molar-refractivity contribution < 1.29 is 18.8 Å². The molecule has 0 radical (unpaired) electrons. The van der Waals surface area contributed by atoms with Crippen LogP contribution in [0, 0.1) is 11.2 Å². The van der Waals surface area contributed by atoms with E-state index in [1.807, 2.05) is 40.7 Å². The number of methoxy groups -OCH3 is 1. The highest BCUT2D eigenvalue weighted by Crippen LogP contribution is 2.39. The lowest BCUT2D eigenvalue weighted by atomic mass is 9.88. The Hall–Kier alpha value is -1.82. The van der Waals surface area contributed by atoms with Crippen LogP contribution in [0.15, 0.2) is 12.1 Å². The van der Waals surface area contributed by atoms with E-state index in [2.05, 4.69) is 5.32 Å². The molecule has 146 valence electrons. The fourth-order valence-electron chi connectivity index (χ4n) is 3.05. The Kier molecular flexibility index (Phi) is 6.50. The number of carbonyl (C=O) groups excluding carboxylic acids is 1. The van der Waals surface area contributed by atoms with E-state index in [1.54, 1.807) is 18.2 Å². The predicted molar refractivity (Wildman–Crippen MR) is 101 cm³/mol. The van der Waals surface area contributed by atoms with Crippen LogP contribution in [0.4, 0.5) is 10.1 Å². The summed E-state index contributed by atoms with van der Waals surface area (Å²) in [5.41, 5.74) is 0.570. The van der Waals surface area contributed by atoms with Gasteiger partial charge in [-0.25, -0.2) is 9.18 Å². The molecule has 1 saturated heterocycles. The van der Waals surface area contributed by atoms with Gasteiger partial charge in [-0.05, 0) is 65.5 Å². The standard InChI is InChI=1S/C20H31FN2O3/c1-13(2)22-15-7-8-16(25-6)17(18(15)21)14-9-11-23(12-10-14)26-19(24)20(3,4)5/h7-8,13-14,22H,9-12H2,1-6H3. The second kappa shape index (κ2) is 8.25. The third-order valence-corrected chi connectivity index (χ3v) is 4.49. The molecule has 0 spiro atoms. The van der Waals surface area contributed by atoms with Gasteiger partial charge in [0.1, 0.15) is 5.75 Å². The number of halogens is 1. The largest absolute Gasteiger partial charge is 0.496 e. The first-order valence-corrected chi connectivity index (χ1v) is 9.23. The number of carbonyl (C=O) groups is 1. The normalized spacial score (nSPS) is 16.6. The van der Waals surface area contributed by atoms with Gasteiger partial charge in [-0.1, -0.05) is 0 Å². The van der Waals surface area contributed by atoms with E-state index in [9.17, 15) is 4.79 Å². The third kappa shape index (κ3) is 4.87. The second-order valence-electron chi connectivity index (χ2n) is 8.17. The predicted octanol–water partition coefficient (Wildman–Crippen LogP) is 4.34. The highest BCUT2D eigenvalue weighted by molar-refractivity contribution is 5.75. The number of nitrogens with one attached hydrogen (secondary N) is 1. The third-order valence-electron chi connectivity index (χ3n) is 4.49. The van der Waals surface area contributed by atoms with Crippen LogP contribution >= 0.6 is 0 Å². The maximum absolute atomic E-state index is 15.1. The molecule has 0 atom stereocenters. The molecule has 2 rings (SSSR count). The monoisotopic (exact) mass is 366 g/mol. The number of anilines is 1. The molecule has 1 fully saturated rings. The SMILES string of the molecule is COc1ccc(NC(C)C)c(F)c1C1CCN(OC(=O)C(C)(C)C)CC1. The Bertz CT molecular complexity index is 633. The number of hydrogen-bond acceptors (Lipinski definition) is 5. The molecule has 1 aromatic rings. The summed E-state index contributed by atoms with van der Waals surface area (Å²) in [5, 5.41) is 4.83. The number of hydrogen-bond donors (Lipinski definition) is 1. The Morgan fingerprint density at radius 2 is 1.88 bits per heavy atom. The van der Waals surface area contributed by atoms with E-state index in [-0.39, 0.29) is 23.7 Å². The molecule has 6 heteroatoms. The zero-order valence-electron chi connectivity index (χ0n) is 16.7. The van der Waals surface area contributed by atoms with Gasteiger partial charge in [-0.2, -0.15) is 0 Å². The van der Waals surface area contributed by atoms with Crippen LogP contribution in [0.5, 0.6) is 5.75 Å². The van der Waals surface area contributed by atoms with Gasteiger partial charge in [0, 0.05) is 24.7 Å². The smallest absolute Gasteiger partial charge is 0.330 e. The molecule has 26 heavy (non-hydrogen) atoms. The minimum absolute atomic E-state index is 0.0310. The van der Waals surface area contributed by atoms with Gasteiger partial charge < -0.3 is 14.9 Å². The summed E-state index contributed by atoms with van der Waals surface area (Å²) in [6.07, 6.45) is 1.41. The summed E-state index contributed by atoms with van der Waals surface area (Å²) in [5.74, 6) is 0.108. The quantitative estimate of drug-likeness (QED) is 0.840. The second-order valence-corrected chi connectivity index (χ2v) is 8.17. The topological polar surface area (TPSA) is 50.8 Å². The van der Waals surface area contributed by atoms with E-state index in [0.29, 0.717) is 42.9 Å². The summed E-state index contributed by atoms with van der Waals surface area (Å²) < 4.78 is 20.5. The summed E-state index contributed by atoms with van der Waals surface area (Å²) in [6, 6.07) is 3.68. The molecule has 1 N–H and O–H groups in total. The molecule has 1 aromatic carbocycles. The van der Waals surface area contributed by atoms with E-state index >= 15 is 4.39 Å². The lowest BCUT2D eigenvalue weighted by molar-refractivity contribution is -0.204. The minimum Gasteiger partial charge on any atom is -0.496 e. The summed E-state index contributed by atoms with van der Waals surface area (Å²) in [7, 11) is 1.56. The molecule has 1 heterocycles. The fourth-order valence-corrected chi connectivity index (χ4v) is 3.05. The lowest BCUT2D eigenvalue weighted by Crippen LogP contribution is -2.38. The number of piperidine rings is 1. The number of rotatable bonds is 5. The van der Waals surface area contributed by atoms with Gasteiger partial charge in [0.25, 0.3) is 0 Å². The molecule has 5 nitrogen and oxygen atoms in total. The van der Waals surface area contributed by atoms with Crippen molar-refractivity contribution in [3.63, 3.8) is 0 Å². The first-order valence-electron chi connectivity index (χ1n) is 9.23. The molecular weight excluding hydrogens is 335 g/mol. The van der Waals surface area contributed by atoms with Crippen LogP contribution in [-0.2, 0) is 9.63 Å². The molecule has 0 aromatic heterocycles. The van der Waals surface area contributed by atoms with Gasteiger partial charge in [-0.3, -0.25) is 0 Å². The molecule has 1 aliphatic heterocycles. The zero-order chi connectivity index (χ0) is 19.5. The maximum Gasteiger partial charge on any atom is 0.330 e. The number of hydroxylamine groups is 2. The number of ether oxygens (including phenoxy) is 1. The van der Waals surface area contributed by atoms with Crippen molar-refractivity contribution in [3.05, 3.63) is 23.5 Å². The molecule has 0 unspecified atom stereocenters. The highest BCUT2D eigenvalue weighted by atomic mass is 19.1. The molecule has 0 aliphatic carbocycles. The Labute approximate surface area is 155 Å². The van der Waals surface area contributed by atoms with Gasteiger partial charge in [0.15, 0.2) is 5.82 Å². The van der Waals surface area contributed by atoms with Gasteiger partial charge in [0.05, 0.1) is 18.2 Å². The van der Waals surface area contributed by atoms with Crippen molar-refractivity contribution in [2.45, 2.75) is 59.4 Å². The van der Waals surface area contributed by atoms with Crippen LogP contribution in [0.25, 0.3) is 0 Å². The lowest BCUT2D eigenvalue weighted by Gasteiger charge is -2.33. The van der Waals surface area contributed by atoms with Crippen molar-refractivity contribution >= 4 is 11.7 Å². The molecule has 0 bridgehead atoms. The van der Waals surface area contributed by atoms with Crippen LogP contribution in [-0.4, -0.2) is 37.3 Å². The average Bonchev–Trinajstić information content (AvgIpc) is 2.56. The van der Waals surface area contributed by atoms with Crippen molar-refractivity contribution in [1.29, 1.82) is 0 Å². The van der Waals surface area contributed by atoms with Crippen LogP contribution in [0.2, 0.25) is 0 Å². The van der Waals surface area contributed by atoms with Crippen molar-refractivity contribution in [1.82, 2.24) is 5.06 Å². The van der Waals surface area contributed by atoms with E-state index < -0.39 is 5.41 Å². The summed E-state index contributed by atoms with van der Waals surface area (Å²) >= 11 is 0. The maximum atomic E-state index is 15.1. The van der Waals surface area contributed by atoms with E-state index in [4.69, 9.17) is 9.57 Å². The van der Waals surface area contributed by atoms with E-state index in [0.717, 1.165) is 0 Å². The zero-order valence-corrected chi connectivity index (χ0v) is 16.7. The Balaban J connectivity index is 2.12. The molecule has 0 saturated carbocycles. The molecule has 1 aliphatic rings. The van der Waals surface area contributed by atoms with Gasteiger partial charge in [0.2, 0.25) is 0 Å². The Morgan fingerprint density at radius 1 is 1.27 bits per heavy atom. The van der Waals surface area contributed by atoms with Crippen LogP contribution in [0.1, 0.15) is 58.9 Å². The van der Waals surface area contributed by atoms with Gasteiger partial charge in [-0.15, -0.1) is 5.06 Å². The molecule has 0 amide bonds. The first kappa shape index (κ1) is 20.5. The van der Waals surface area contributed by atoms with Gasteiger partial charge >= 0.3 is 5.97 Å². The Morgan fingerprint density at radius 3 is 2.38 bits per heavy atom. The summed E-state index contributed by atoms with van der Waals surface area (Å²) in [6.45, 7) is 10.6. The van der Waals surface area contributed by atoms with Crippen molar-refractivity contribution in [2.75, 3.05) is 25.5 Å². The molecular formula is C20H31FN2O3. The fraction of sp³-hybridized carbons (Fsp3) is 0.650. The minimum atomic E-state index is -0.539. The first-order chi connectivity index (χ1) is 12.1. The van der Waals surface area contributed by atoms with Crippen molar-refractivity contribution in [3.8, 4) is 5.75 Å². The van der Waals surface area contributed by atoms with Crippen LogP contribution in [0.3, 0.4) is 0 Å². The highest BCUT2D eigenvalue weighted by Gasteiger charge is 2.31. The van der Waals surface area contributed by atoms with Crippen LogP contribution < -0.4 is 10.1 Å². The van der Waals surface area contributed by atoms with Crippen molar-refractivity contribution in [2.24, 2.45) is 5.41 Å². The number of benzene rings is 1. The summed E-state index contributed by atoms with van der Waals surface area (Å²) in [4.78, 5) is 17.5. The van der Waals surface area contributed by atoms with E-state index in [1.165, 1.54) is 0 Å². The average molecular weight is 366 g/mol.